The molecule has 192 valence electrons. The zero-order chi connectivity index (χ0) is 25.1. The first-order valence-corrected chi connectivity index (χ1v) is 12.6. The van der Waals surface area contributed by atoms with E-state index in [1.807, 2.05) is 17.0 Å². The van der Waals surface area contributed by atoms with Gasteiger partial charge in [-0.3, -0.25) is 4.79 Å². The molecule has 2 aromatic rings. The molecule has 0 spiro atoms. The molecule has 2 aromatic carbocycles. The molecule has 0 aliphatic carbocycles. The Bertz CT molecular complexity index is 1090. The van der Waals surface area contributed by atoms with Gasteiger partial charge in [-0.2, -0.15) is 0 Å². The fourth-order valence-electron chi connectivity index (χ4n) is 5.40. The van der Waals surface area contributed by atoms with Crippen LogP contribution in [-0.4, -0.2) is 67.1 Å². The number of anilines is 2. The number of hydrogen-bond acceptors (Lipinski definition) is 6. The molecule has 5 rings (SSSR count). The van der Waals surface area contributed by atoms with Gasteiger partial charge in [-0.05, 0) is 68.1 Å². The van der Waals surface area contributed by atoms with Crippen molar-refractivity contribution in [3.63, 3.8) is 0 Å². The highest BCUT2D eigenvalue weighted by Crippen LogP contribution is 2.47. The van der Waals surface area contributed by atoms with Crippen molar-refractivity contribution >= 4 is 23.3 Å². The summed E-state index contributed by atoms with van der Waals surface area (Å²) < 4.78 is 17.4. The number of urea groups is 1. The number of amides is 3. The van der Waals surface area contributed by atoms with E-state index in [-0.39, 0.29) is 36.7 Å². The Balaban J connectivity index is 1.26. The average molecular weight is 496 g/mol. The van der Waals surface area contributed by atoms with Gasteiger partial charge in [-0.1, -0.05) is 0 Å². The van der Waals surface area contributed by atoms with E-state index >= 15 is 0 Å². The minimum Gasteiger partial charge on any atom is -0.497 e. The normalized spacial score (nSPS) is 24.8. The number of piperidine rings is 1. The van der Waals surface area contributed by atoms with Crippen molar-refractivity contribution < 1.29 is 28.9 Å². The summed E-state index contributed by atoms with van der Waals surface area (Å²) in [6.45, 7) is 1.43. The van der Waals surface area contributed by atoms with Gasteiger partial charge in [0.1, 0.15) is 23.7 Å². The SMILES string of the molecule is COc1ccc(NC(=O)Nc2ccc3c(c2)[C@@H]2C[C@@H](CC(=O)N4CCCCC4)O[C@H](CO)[C@@H]2O3)cc1. The number of methoxy groups -OCH3 is 1. The van der Waals surface area contributed by atoms with Crippen LogP contribution in [0.1, 0.15) is 43.6 Å². The second-order valence-corrected chi connectivity index (χ2v) is 9.61. The van der Waals surface area contributed by atoms with Gasteiger partial charge in [0.05, 0.1) is 26.2 Å². The van der Waals surface area contributed by atoms with Crippen LogP contribution < -0.4 is 20.1 Å². The molecule has 3 heterocycles. The number of carbonyl (C=O) groups excluding carboxylic acids is 2. The number of nitrogens with zero attached hydrogens (tertiary/aromatic N) is 1. The molecule has 0 unspecified atom stereocenters. The largest absolute Gasteiger partial charge is 0.497 e. The van der Waals surface area contributed by atoms with E-state index in [1.54, 1.807) is 37.4 Å². The van der Waals surface area contributed by atoms with Gasteiger partial charge < -0.3 is 34.9 Å². The molecule has 3 amide bonds. The molecule has 36 heavy (non-hydrogen) atoms. The quantitative estimate of drug-likeness (QED) is 0.563. The third-order valence-corrected chi connectivity index (χ3v) is 7.22. The second kappa shape index (κ2) is 10.8. The third kappa shape index (κ3) is 5.27. The van der Waals surface area contributed by atoms with Crippen molar-refractivity contribution in [2.24, 2.45) is 0 Å². The number of ether oxygens (including phenoxy) is 3. The molecule has 3 aliphatic heterocycles. The summed E-state index contributed by atoms with van der Waals surface area (Å²) in [4.78, 5) is 27.3. The Morgan fingerprint density at radius 2 is 1.78 bits per heavy atom. The first kappa shape index (κ1) is 24.4. The monoisotopic (exact) mass is 495 g/mol. The van der Waals surface area contributed by atoms with Gasteiger partial charge >= 0.3 is 6.03 Å². The van der Waals surface area contributed by atoms with E-state index in [0.717, 1.165) is 37.2 Å². The van der Waals surface area contributed by atoms with Crippen LogP contribution in [0, 0.1) is 0 Å². The van der Waals surface area contributed by atoms with Crippen molar-refractivity contribution in [1.82, 2.24) is 4.90 Å². The lowest BCUT2D eigenvalue weighted by molar-refractivity contribution is -0.149. The third-order valence-electron chi connectivity index (χ3n) is 7.22. The fraction of sp³-hybridized carbons (Fsp3) is 0.481. The average Bonchev–Trinajstić information content (AvgIpc) is 3.27. The Morgan fingerprint density at radius 1 is 1.06 bits per heavy atom. The first-order valence-electron chi connectivity index (χ1n) is 12.6. The summed E-state index contributed by atoms with van der Waals surface area (Å²) in [5.74, 6) is 1.51. The summed E-state index contributed by atoms with van der Waals surface area (Å²) in [5.41, 5.74) is 2.24. The topological polar surface area (TPSA) is 109 Å². The predicted molar refractivity (Wildman–Crippen MR) is 135 cm³/mol. The molecule has 3 N–H and O–H groups in total. The van der Waals surface area contributed by atoms with Crippen LogP contribution in [0.25, 0.3) is 0 Å². The molecule has 2 saturated heterocycles. The van der Waals surface area contributed by atoms with Crippen LogP contribution in [0.5, 0.6) is 11.5 Å². The van der Waals surface area contributed by atoms with Crippen LogP contribution in [0.2, 0.25) is 0 Å². The fourth-order valence-corrected chi connectivity index (χ4v) is 5.40. The zero-order valence-corrected chi connectivity index (χ0v) is 20.4. The summed E-state index contributed by atoms with van der Waals surface area (Å²) in [6.07, 6.45) is 3.06. The van der Waals surface area contributed by atoms with E-state index in [0.29, 0.717) is 30.0 Å². The molecule has 0 radical (unpaired) electrons. The van der Waals surface area contributed by atoms with Crippen LogP contribution >= 0.6 is 0 Å². The van der Waals surface area contributed by atoms with E-state index in [4.69, 9.17) is 14.2 Å². The second-order valence-electron chi connectivity index (χ2n) is 9.61. The number of likely N-dealkylation sites (tertiary alicyclic amines) is 1. The Kier molecular flexibility index (Phi) is 7.29. The highest BCUT2D eigenvalue weighted by atomic mass is 16.6. The van der Waals surface area contributed by atoms with E-state index < -0.39 is 6.10 Å². The Labute approximate surface area is 210 Å². The van der Waals surface area contributed by atoms with Gasteiger partial charge in [-0.15, -0.1) is 0 Å². The van der Waals surface area contributed by atoms with Gasteiger partial charge in [-0.25, -0.2) is 4.79 Å². The molecule has 9 nitrogen and oxygen atoms in total. The summed E-state index contributed by atoms with van der Waals surface area (Å²) in [6, 6.07) is 12.3. The standard InChI is InChI=1S/C27H33N3O6/c1-34-19-8-5-17(6-9-19)28-27(33)29-18-7-10-23-21(13-18)22-14-20(35-24(16-31)26(22)36-23)15-25(32)30-11-3-2-4-12-30/h5-10,13,20,22,24,26,31H,2-4,11-12,14-16H2,1H3,(H2,28,29,33)/t20-,22-,24+,26+/m0/s1. The zero-order valence-electron chi connectivity index (χ0n) is 20.4. The number of aliphatic hydroxyl groups excluding tert-OH is 1. The minimum atomic E-state index is -0.509. The minimum absolute atomic E-state index is 0.0311. The number of carbonyl (C=O) groups is 2. The molecule has 9 heteroatoms. The van der Waals surface area contributed by atoms with Crippen molar-refractivity contribution in [2.75, 3.05) is 37.4 Å². The molecule has 2 fully saturated rings. The molecular weight excluding hydrogens is 462 g/mol. The molecule has 0 saturated carbocycles. The molecule has 3 aliphatic rings. The van der Waals surface area contributed by atoms with Crippen LogP contribution in [-0.2, 0) is 9.53 Å². The van der Waals surface area contributed by atoms with Crippen LogP contribution in [0.15, 0.2) is 42.5 Å². The van der Waals surface area contributed by atoms with E-state index in [1.165, 1.54) is 6.42 Å². The van der Waals surface area contributed by atoms with Gasteiger partial charge in [0.15, 0.2) is 0 Å². The lowest BCUT2D eigenvalue weighted by Crippen LogP contribution is -2.48. The van der Waals surface area contributed by atoms with Crippen molar-refractivity contribution in [1.29, 1.82) is 0 Å². The van der Waals surface area contributed by atoms with Gasteiger partial charge in [0.2, 0.25) is 5.91 Å². The number of aliphatic hydroxyl groups is 1. The maximum atomic E-state index is 12.9. The maximum Gasteiger partial charge on any atom is 0.323 e. The summed E-state index contributed by atoms with van der Waals surface area (Å²) >= 11 is 0. The predicted octanol–water partition coefficient (Wildman–Crippen LogP) is 3.74. The van der Waals surface area contributed by atoms with Crippen LogP contribution in [0.4, 0.5) is 16.2 Å². The van der Waals surface area contributed by atoms with Crippen molar-refractivity contribution in [2.45, 2.75) is 56.3 Å². The highest BCUT2D eigenvalue weighted by Gasteiger charge is 2.46. The van der Waals surface area contributed by atoms with Gasteiger partial charge in [0.25, 0.3) is 0 Å². The van der Waals surface area contributed by atoms with Crippen LogP contribution in [0.3, 0.4) is 0 Å². The lowest BCUT2D eigenvalue weighted by atomic mass is 9.84. The highest BCUT2D eigenvalue weighted by molar-refractivity contribution is 5.99. The van der Waals surface area contributed by atoms with Crippen molar-refractivity contribution in [3.05, 3.63) is 48.0 Å². The molecular formula is C27H33N3O6. The Morgan fingerprint density at radius 3 is 2.50 bits per heavy atom. The Hall–Kier alpha value is -3.30. The number of hydrogen-bond donors (Lipinski definition) is 3. The van der Waals surface area contributed by atoms with E-state index in [2.05, 4.69) is 10.6 Å². The molecule has 4 atom stereocenters. The molecule has 0 aromatic heterocycles. The summed E-state index contributed by atoms with van der Waals surface area (Å²) in [7, 11) is 1.59. The maximum absolute atomic E-state index is 12.9. The number of nitrogens with one attached hydrogen (secondary N) is 2. The van der Waals surface area contributed by atoms with E-state index in [9.17, 15) is 14.7 Å². The first-order chi connectivity index (χ1) is 17.5. The van der Waals surface area contributed by atoms with Gasteiger partial charge in [0, 0.05) is 35.9 Å². The molecule has 0 bridgehead atoms. The number of fused-ring (bicyclic) bond motifs is 3. The number of rotatable bonds is 6. The number of benzene rings is 2. The van der Waals surface area contributed by atoms with Crippen molar-refractivity contribution in [3.8, 4) is 11.5 Å². The lowest BCUT2D eigenvalue weighted by Gasteiger charge is -2.38. The summed E-state index contributed by atoms with van der Waals surface area (Å²) in [5, 5.41) is 15.7. The smallest absolute Gasteiger partial charge is 0.323 e.